The standard InChI is InChI=1S/C22H25ClN4O2/c1-2-3-5-17-13-19(26-25-17)22(28)27-11-4-6-20(27)21-24-14-18(29-21)12-15-7-9-16(23)10-8-15/h7-10,13-14,20H,2-6,11-12H2,1H3,(H,25,26). The highest BCUT2D eigenvalue weighted by atomic mass is 35.5. The number of nitrogens with one attached hydrogen (secondary N) is 1. The molecule has 7 heteroatoms. The summed E-state index contributed by atoms with van der Waals surface area (Å²) in [6, 6.07) is 9.41. The van der Waals surface area contributed by atoms with Gasteiger partial charge in [0, 0.05) is 23.7 Å². The number of likely N-dealkylation sites (tertiary alicyclic amines) is 1. The van der Waals surface area contributed by atoms with Gasteiger partial charge in [0.25, 0.3) is 5.91 Å². The van der Waals surface area contributed by atoms with E-state index in [-0.39, 0.29) is 11.9 Å². The number of unbranched alkanes of at least 4 members (excludes halogenated alkanes) is 1. The van der Waals surface area contributed by atoms with E-state index in [9.17, 15) is 4.79 Å². The van der Waals surface area contributed by atoms with Gasteiger partial charge in [-0.1, -0.05) is 37.1 Å². The first kappa shape index (κ1) is 19.7. The van der Waals surface area contributed by atoms with E-state index in [2.05, 4.69) is 22.1 Å². The molecule has 0 bridgehead atoms. The van der Waals surface area contributed by atoms with Crippen LogP contribution in [0, 0.1) is 0 Å². The fraction of sp³-hybridized carbons (Fsp3) is 0.409. The fourth-order valence-electron chi connectivity index (χ4n) is 3.74. The number of hydrogen-bond donors (Lipinski definition) is 1. The number of benzene rings is 1. The van der Waals surface area contributed by atoms with Crippen LogP contribution in [0.25, 0.3) is 0 Å². The van der Waals surface area contributed by atoms with E-state index >= 15 is 0 Å². The highest BCUT2D eigenvalue weighted by molar-refractivity contribution is 6.30. The molecule has 152 valence electrons. The van der Waals surface area contributed by atoms with Crippen molar-refractivity contribution < 1.29 is 9.21 Å². The summed E-state index contributed by atoms with van der Waals surface area (Å²) in [6.07, 6.45) is 7.27. The monoisotopic (exact) mass is 412 g/mol. The molecule has 1 fully saturated rings. The average molecular weight is 413 g/mol. The first-order valence-electron chi connectivity index (χ1n) is 10.2. The van der Waals surface area contributed by atoms with Crippen LogP contribution in [0.15, 0.2) is 40.9 Å². The molecule has 1 aliphatic heterocycles. The van der Waals surface area contributed by atoms with E-state index in [1.54, 1.807) is 6.20 Å². The quantitative estimate of drug-likeness (QED) is 0.595. The van der Waals surface area contributed by atoms with Gasteiger partial charge < -0.3 is 9.32 Å². The Bertz CT molecular complexity index is 963. The number of oxazole rings is 1. The van der Waals surface area contributed by atoms with Crippen molar-refractivity contribution in [1.29, 1.82) is 0 Å². The molecule has 3 aromatic rings. The number of amides is 1. The molecule has 4 rings (SSSR count). The number of hydrogen-bond acceptors (Lipinski definition) is 4. The van der Waals surface area contributed by atoms with Gasteiger partial charge >= 0.3 is 0 Å². The molecule has 0 aliphatic carbocycles. The van der Waals surface area contributed by atoms with Crippen LogP contribution in [0.4, 0.5) is 0 Å². The number of rotatable bonds is 7. The molecular weight excluding hydrogens is 388 g/mol. The van der Waals surface area contributed by atoms with E-state index in [1.807, 2.05) is 35.2 Å². The Balaban J connectivity index is 1.45. The summed E-state index contributed by atoms with van der Waals surface area (Å²) in [7, 11) is 0. The maximum absolute atomic E-state index is 13.0. The Morgan fingerprint density at radius 2 is 2.17 bits per heavy atom. The minimum Gasteiger partial charge on any atom is -0.443 e. The van der Waals surface area contributed by atoms with Crippen molar-refractivity contribution in [3.63, 3.8) is 0 Å². The molecule has 1 amide bonds. The van der Waals surface area contributed by atoms with Crippen molar-refractivity contribution in [3.8, 4) is 0 Å². The molecule has 1 aliphatic rings. The zero-order valence-corrected chi connectivity index (χ0v) is 17.3. The maximum Gasteiger partial charge on any atom is 0.275 e. The second-order valence-electron chi connectivity index (χ2n) is 7.51. The van der Waals surface area contributed by atoms with Gasteiger partial charge in [0.2, 0.25) is 5.89 Å². The number of carbonyl (C=O) groups is 1. The largest absolute Gasteiger partial charge is 0.443 e. The predicted molar refractivity (Wildman–Crippen MR) is 111 cm³/mol. The molecule has 1 saturated heterocycles. The van der Waals surface area contributed by atoms with Crippen LogP contribution < -0.4 is 0 Å². The van der Waals surface area contributed by atoms with E-state index in [4.69, 9.17) is 16.0 Å². The number of aryl methyl sites for hydroxylation is 1. The van der Waals surface area contributed by atoms with Gasteiger partial charge in [-0.3, -0.25) is 9.89 Å². The van der Waals surface area contributed by atoms with Crippen molar-refractivity contribution >= 4 is 17.5 Å². The van der Waals surface area contributed by atoms with Crippen LogP contribution in [0.1, 0.15) is 72.0 Å². The maximum atomic E-state index is 13.0. The van der Waals surface area contributed by atoms with E-state index in [0.717, 1.165) is 49.1 Å². The van der Waals surface area contributed by atoms with Gasteiger partial charge in [-0.25, -0.2) is 4.98 Å². The van der Waals surface area contributed by atoms with Crippen LogP contribution in [-0.4, -0.2) is 32.5 Å². The summed E-state index contributed by atoms with van der Waals surface area (Å²) in [5.41, 5.74) is 2.58. The Labute approximate surface area is 175 Å². The Morgan fingerprint density at radius 1 is 1.34 bits per heavy atom. The lowest BCUT2D eigenvalue weighted by Crippen LogP contribution is -2.31. The van der Waals surface area contributed by atoms with Gasteiger partial charge in [0.15, 0.2) is 0 Å². The van der Waals surface area contributed by atoms with Gasteiger partial charge in [0.05, 0.1) is 6.20 Å². The average Bonchev–Trinajstić information content (AvgIpc) is 3.48. The summed E-state index contributed by atoms with van der Waals surface area (Å²) in [4.78, 5) is 19.3. The molecule has 2 aromatic heterocycles. The molecule has 1 aromatic carbocycles. The predicted octanol–water partition coefficient (Wildman–Crippen LogP) is 4.96. The van der Waals surface area contributed by atoms with Crippen LogP contribution in [-0.2, 0) is 12.8 Å². The number of aromatic nitrogens is 3. The summed E-state index contributed by atoms with van der Waals surface area (Å²) >= 11 is 5.95. The van der Waals surface area contributed by atoms with E-state index < -0.39 is 0 Å². The van der Waals surface area contributed by atoms with Crippen molar-refractivity contribution in [2.45, 2.75) is 51.5 Å². The normalized spacial score (nSPS) is 16.5. The summed E-state index contributed by atoms with van der Waals surface area (Å²) in [6.45, 7) is 2.84. The lowest BCUT2D eigenvalue weighted by Gasteiger charge is -2.21. The highest BCUT2D eigenvalue weighted by Crippen LogP contribution is 2.33. The fourth-order valence-corrected chi connectivity index (χ4v) is 3.87. The third-order valence-corrected chi connectivity index (χ3v) is 5.56. The second kappa shape index (κ2) is 8.82. The number of aromatic amines is 1. The highest BCUT2D eigenvalue weighted by Gasteiger charge is 2.34. The molecule has 0 saturated carbocycles. The third kappa shape index (κ3) is 4.53. The second-order valence-corrected chi connectivity index (χ2v) is 7.94. The minimum absolute atomic E-state index is 0.0658. The molecule has 1 N–H and O–H groups in total. The van der Waals surface area contributed by atoms with Crippen molar-refractivity contribution in [2.75, 3.05) is 6.54 Å². The molecule has 0 radical (unpaired) electrons. The van der Waals surface area contributed by atoms with Crippen LogP contribution >= 0.6 is 11.6 Å². The van der Waals surface area contributed by atoms with Gasteiger partial charge in [-0.05, 0) is 49.4 Å². The Hall–Kier alpha value is -2.60. The molecule has 3 heterocycles. The molecule has 1 unspecified atom stereocenters. The smallest absolute Gasteiger partial charge is 0.275 e. The number of halogens is 1. The van der Waals surface area contributed by atoms with Crippen LogP contribution in [0.2, 0.25) is 5.02 Å². The first-order valence-corrected chi connectivity index (χ1v) is 10.6. The van der Waals surface area contributed by atoms with Crippen LogP contribution in [0.5, 0.6) is 0 Å². The number of carbonyl (C=O) groups excluding carboxylic acids is 1. The summed E-state index contributed by atoms with van der Waals surface area (Å²) < 4.78 is 6.01. The van der Waals surface area contributed by atoms with E-state index in [1.165, 1.54) is 0 Å². The third-order valence-electron chi connectivity index (χ3n) is 5.31. The van der Waals surface area contributed by atoms with Crippen molar-refractivity contribution in [3.05, 3.63) is 70.2 Å². The molecule has 0 spiro atoms. The number of nitrogens with zero attached hydrogens (tertiary/aromatic N) is 3. The molecule has 1 atom stereocenters. The molecule has 29 heavy (non-hydrogen) atoms. The Kier molecular flexibility index (Phi) is 6.00. The zero-order chi connectivity index (χ0) is 20.2. The number of H-pyrrole nitrogens is 1. The lowest BCUT2D eigenvalue weighted by molar-refractivity contribution is 0.0708. The van der Waals surface area contributed by atoms with Crippen LogP contribution in [0.3, 0.4) is 0 Å². The molecule has 6 nitrogen and oxygen atoms in total. The van der Waals surface area contributed by atoms with Crippen molar-refractivity contribution in [2.24, 2.45) is 0 Å². The summed E-state index contributed by atoms with van der Waals surface area (Å²) in [5, 5.41) is 7.93. The Morgan fingerprint density at radius 3 is 2.97 bits per heavy atom. The molecular formula is C22H25ClN4O2. The zero-order valence-electron chi connectivity index (χ0n) is 16.5. The topological polar surface area (TPSA) is 75.0 Å². The SMILES string of the molecule is CCCCc1cc(C(=O)N2CCCC2c2ncc(Cc3ccc(Cl)cc3)o2)n[nH]1. The van der Waals surface area contributed by atoms with Crippen molar-refractivity contribution in [1.82, 2.24) is 20.1 Å². The van der Waals surface area contributed by atoms with Gasteiger partial charge in [-0.15, -0.1) is 0 Å². The minimum atomic E-state index is -0.141. The van der Waals surface area contributed by atoms with E-state index in [0.29, 0.717) is 29.6 Å². The van der Waals surface area contributed by atoms with Gasteiger partial charge in [0.1, 0.15) is 17.5 Å². The summed E-state index contributed by atoms with van der Waals surface area (Å²) in [5.74, 6) is 1.31. The lowest BCUT2D eigenvalue weighted by atomic mass is 10.1. The van der Waals surface area contributed by atoms with Gasteiger partial charge in [-0.2, -0.15) is 5.10 Å². The first-order chi connectivity index (χ1) is 14.1.